The van der Waals surface area contributed by atoms with Crippen LogP contribution in [-0.2, 0) is 6.54 Å². The van der Waals surface area contributed by atoms with Gasteiger partial charge in [-0.15, -0.1) is 0 Å². The fourth-order valence-corrected chi connectivity index (χ4v) is 2.48. The molecule has 7 heteroatoms. The van der Waals surface area contributed by atoms with Gasteiger partial charge in [-0.3, -0.25) is 9.36 Å². The monoisotopic (exact) mass is 329 g/mol. The lowest BCUT2D eigenvalue weighted by Crippen LogP contribution is -2.30. The molecule has 0 unspecified atom stereocenters. The molecule has 124 valence electrons. The van der Waals surface area contributed by atoms with Crippen molar-refractivity contribution in [3.05, 3.63) is 64.3 Å². The van der Waals surface area contributed by atoms with Gasteiger partial charge < -0.3 is 15.0 Å². The minimum Gasteiger partial charge on any atom is -0.497 e. The molecule has 1 amide bonds. The summed E-state index contributed by atoms with van der Waals surface area (Å²) < 4.78 is 19.7. The van der Waals surface area contributed by atoms with Gasteiger partial charge in [-0.05, 0) is 42.5 Å². The number of imidazole rings is 1. The number of H-pyrrole nitrogens is 1. The molecule has 2 N–H and O–H groups in total. The zero-order valence-electron chi connectivity index (χ0n) is 13.0. The maximum Gasteiger partial charge on any atom is 0.326 e. The number of aromatic amines is 1. The van der Waals surface area contributed by atoms with Gasteiger partial charge in [-0.2, -0.15) is 0 Å². The van der Waals surface area contributed by atoms with Gasteiger partial charge in [0.05, 0.1) is 18.1 Å². The number of halogens is 1. The van der Waals surface area contributed by atoms with E-state index in [1.807, 2.05) is 0 Å². The van der Waals surface area contributed by atoms with Crippen molar-refractivity contribution in [3.63, 3.8) is 0 Å². The molecule has 1 heterocycles. The van der Waals surface area contributed by atoms with Crippen LogP contribution in [0.1, 0.15) is 10.4 Å². The second-order valence-corrected chi connectivity index (χ2v) is 5.23. The zero-order valence-corrected chi connectivity index (χ0v) is 13.0. The summed E-state index contributed by atoms with van der Waals surface area (Å²) in [4.78, 5) is 26.6. The van der Waals surface area contributed by atoms with E-state index in [0.717, 1.165) is 0 Å². The van der Waals surface area contributed by atoms with Crippen molar-refractivity contribution in [2.45, 2.75) is 6.54 Å². The number of nitrogens with zero attached hydrogens (tertiary/aromatic N) is 1. The molecular weight excluding hydrogens is 313 g/mol. The lowest BCUT2D eigenvalue weighted by Gasteiger charge is -2.07. The van der Waals surface area contributed by atoms with E-state index in [4.69, 9.17) is 4.74 Å². The van der Waals surface area contributed by atoms with E-state index in [0.29, 0.717) is 22.3 Å². The third-order valence-electron chi connectivity index (χ3n) is 3.71. The number of carbonyl (C=O) groups excluding carboxylic acids is 1. The lowest BCUT2D eigenvalue weighted by atomic mass is 10.2. The van der Waals surface area contributed by atoms with Crippen LogP contribution in [-0.4, -0.2) is 29.1 Å². The smallest absolute Gasteiger partial charge is 0.326 e. The highest BCUT2D eigenvalue weighted by Gasteiger charge is 2.09. The summed E-state index contributed by atoms with van der Waals surface area (Å²) >= 11 is 0. The molecule has 0 aliphatic heterocycles. The standard InChI is InChI=1S/C17H16FN3O3/c1-24-13-5-2-11(3-6-13)16(22)19-8-9-21-15-7-4-12(18)10-14(15)20-17(21)23/h2-7,10H,8-9H2,1H3,(H,19,22)(H,20,23). The van der Waals surface area contributed by atoms with Crippen LogP contribution in [0.2, 0.25) is 0 Å². The summed E-state index contributed by atoms with van der Waals surface area (Å²) in [6, 6.07) is 10.8. The van der Waals surface area contributed by atoms with E-state index in [1.54, 1.807) is 31.4 Å². The number of fused-ring (bicyclic) bond motifs is 1. The van der Waals surface area contributed by atoms with Crippen LogP contribution in [0.25, 0.3) is 11.0 Å². The number of hydrogen-bond donors (Lipinski definition) is 2. The Morgan fingerprint density at radius 2 is 2.00 bits per heavy atom. The molecule has 0 saturated heterocycles. The summed E-state index contributed by atoms with van der Waals surface area (Å²) in [5.41, 5.74) is 1.19. The molecule has 0 aliphatic rings. The van der Waals surface area contributed by atoms with Crippen molar-refractivity contribution in [3.8, 4) is 5.75 Å². The molecule has 2 aromatic carbocycles. The molecule has 0 radical (unpaired) electrons. The summed E-state index contributed by atoms with van der Waals surface area (Å²) in [6.07, 6.45) is 0. The topological polar surface area (TPSA) is 76.1 Å². The van der Waals surface area contributed by atoms with Crippen LogP contribution in [0.4, 0.5) is 4.39 Å². The number of amides is 1. The summed E-state index contributed by atoms with van der Waals surface area (Å²) in [7, 11) is 1.56. The first-order valence-electron chi connectivity index (χ1n) is 7.39. The van der Waals surface area contributed by atoms with Crippen molar-refractivity contribution < 1.29 is 13.9 Å². The fourth-order valence-electron chi connectivity index (χ4n) is 2.48. The normalized spacial score (nSPS) is 10.8. The Morgan fingerprint density at radius 3 is 2.71 bits per heavy atom. The Kier molecular flexibility index (Phi) is 4.33. The SMILES string of the molecule is COc1ccc(C(=O)NCCn2c(=O)[nH]c3cc(F)ccc32)cc1. The van der Waals surface area contributed by atoms with Crippen LogP contribution < -0.4 is 15.7 Å². The van der Waals surface area contributed by atoms with Gasteiger partial charge in [0.15, 0.2) is 0 Å². The van der Waals surface area contributed by atoms with Crippen LogP contribution in [0.5, 0.6) is 5.75 Å². The second-order valence-electron chi connectivity index (χ2n) is 5.23. The van der Waals surface area contributed by atoms with Gasteiger partial charge >= 0.3 is 5.69 Å². The number of methoxy groups -OCH3 is 1. The third-order valence-corrected chi connectivity index (χ3v) is 3.71. The molecular formula is C17H16FN3O3. The van der Waals surface area contributed by atoms with Crippen molar-refractivity contribution in [2.75, 3.05) is 13.7 Å². The number of aromatic nitrogens is 2. The number of nitrogens with one attached hydrogen (secondary N) is 2. The summed E-state index contributed by atoms with van der Waals surface area (Å²) in [6.45, 7) is 0.557. The van der Waals surface area contributed by atoms with E-state index in [2.05, 4.69) is 10.3 Å². The van der Waals surface area contributed by atoms with Crippen molar-refractivity contribution in [2.24, 2.45) is 0 Å². The van der Waals surface area contributed by atoms with E-state index < -0.39 is 5.82 Å². The van der Waals surface area contributed by atoms with Gasteiger partial charge in [0.25, 0.3) is 5.91 Å². The minimum absolute atomic E-state index is 0.239. The van der Waals surface area contributed by atoms with Gasteiger partial charge in [-0.25, -0.2) is 9.18 Å². The van der Waals surface area contributed by atoms with E-state index in [1.165, 1.54) is 22.8 Å². The van der Waals surface area contributed by atoms with E-state index >= 15 is 0 Å². The summed E-state index contributed by atoms with van der Waals surface area (Å²) in [5.74, 6) is 0.0180. The van der Waals surface area contributed by atoms with Gasteiger partial charge in [0.1, 0.15) is 11.6 Å². The largest absolute Gasteiger partial charge is 0.497 e. The van der Waals surface area contributed by atoms with Crippen molar-refractivity contribution in [1.29, 1.82) is 0 Å². The third kappa shape index (κ3) is 3.15. The number of hydrogen-bond acceptors (Lipinski definition) is 3. The average molecular weight is 329 g/mol. The predicted molar refractivity (Wildman–Crippen MR) is 87.8 cm³/mol. The highest BCUT2D eigenvalue weighted by Crippen LogP contribution is 2.12. The lowest BCUT2D eigenvalue weighted by molar-refractivity contribution is 0.0952. The Bertz CT molecular complexity index is 928. The molecule has 0 spiro atoms. The average Bonchev–Trinajstić information content (AvgIpc) is 2.89. The van der Waals surface area contributed by atoms with Gasteiger partial charge in [0.2, 0.25) is 0 Å². The number of rotatable bonds is 5. The first-order valence-corrected chi connectivity index (χ1v) is 7.39. The molecule has 3 rings (SSSR count). The number of carbonyl (C=O) groups is 1. The fraction of sp³-hybridized carbons (Fsp3) is 0.176. The first-order chi connectivity index (χ1) is 11.6. The van der Waals surface area contributed by atoms with E-state index in [9.17, 15) is 14.0 Å². The Balaban J connectivity index is 1.67. The maximum absolute atomic E-state index is 13.2. The predicted octanol–water partition coefficient (Wildman–Crippen LogP) is 1.91. The van der Waals surface area contributed by atoms with Gasteiger partial charge in [-0.1, -0.05) is 0 Å². The highest BCUT2D eigenvalue weighted by molar-refractivity contribution is 5.94. The van der Waals surface area contributed by atoms with Crippen LogP contribution in [0.15, 0.2) is 47.3 Å². The molecule has 3 aromatic rings. The minimum atomic E-state index is -0.413. The Morgan fingerprint density at radius 1 is 1.25 bits per heavy atom. The maximum atomic E-state index is 13.2. The van der Waals surface area contributed by atoms with Gasteiger partial charge in [0, 0.05) is 18.7 Å². The molecule has 6 nitrogen and oxygen atoms in total. The Hall–Kier alpha value is -3.09. The number of benzene rings is 2. The quantitative estimate of drug-likeness (QED) is 0.751. The highest BCUT2D eigenvalue weighted by atomic mass is 19.1. The zero-order chi connectivity index (χ0) is 17.1. The molecule has 0 atom stereocenters. The van der Waals surface area contributed by atoms with Crippen molar-refractivity contribution >= 4 is 16.9 Å². The summed E-state index contributed by atoms with van der Waals surface area (Å²) in [5, 5.41) is 2.75. The molecule has 0 saturated carbocycles. The van der Waals surface area contributed by atoms with Crippen LogP contribution in [0, 0.1) is 5.82 Å². The molecule has 0 bridgehead atoms. The molecule has 0 fully saturated rings. The molecule has 0 aliphatic carbocycles. The van der Waals surface area contributed by atoms with E-state index in [-0.39, 0.29) is 24.7 Å². The molecule has 1 aromatic heterocycles. The van der Waals surface area contributed by atoms with Crippen molar-refractivity contribution in [1.82, 2.24) is 14.9 Å². The Labute approximate surface area is 136 Å². The second kappa shape index (κ2) is 6.57. The van der Waals surface area contributed by atoms with Crippen LogP contribution >= 0.6 is 0 Å². The first kappa shape index (κ1) is 15.8. The van der Waals surface area contributed by atoms with Crippen LogP contribution in [0.3, 0.4) is 0 Å². The molecule has 24 heavy (non-hydrogen) atoms. The number of ether oxygens (including phenoxy) is 1.